The van der Waals surface area contributed by atoms with Crippen LogP contribution in [0.1, 0.15) is 12.8 Å². The molecule has 3 aromatic rings. The lowest BCUT2D eigenvalue weighted by Crippen LogP contribution is -2.45. The van der Waals surface area contributed by atoms with E-state index in [-0.39, 0.29) is 11.9 Å². The van der Waals surface area contributed by atoms with Gasteiger partial charge in [-0.25, -0.2) is 14.8 Å². The maximum absolute atomic E-state index is 12.2. The van der Waals surface area contributed by atoms with Crippen molar-refractivity contribution in [3.63, 3.8) is 0 Å². The van der Waals surface area contributed by atoms with E-state index in [2.05, 4.69) is 46.8 Å². The van der Waals surface area contributed by atoms with Crippen LogP contribution in [0.15, 0.2) is 47.7 Å². The van der Waals surface area contributed by atoms with Gasteiger partial charge < -0.3 is 30.9 Å². The molecule has 1 fully saturated rings. The summed E-state index contributed by atoms with van der Waals surface area (Å²) < 4.78 is 2.75. The number of nitrogens with zero attached hydrogens (tertiary/aromatic N) is 6. The number of likely N-dealkylation sites (N-methyl/N-ethyl adjacent to an activating group) is 1. The lowest BCUT2D eigenvalue weighted by molar-refractivity contribution is -0.121. The zero-order valence-corrected chi connectivity index (χ0v) is 21.6. The highest BCUT2D eigenvalue weighted by Gasteiger charge is 2.38. The van der Waals surface area contributed by atoms with Crippen molar-refractivity contribution in [3.05, 3.63) is 47.7 Å². The number of imidazole rings is 1. The molecule has 13 heteroatoms. The number of urea groups is 1. The Kier molecular flexibility index (Phi) is 8.33. The van der Waals surface area contributed by atoms with Crippen molar-refractivity contribution in [2.24, 2.45) is 0 Å². The van der Waals surface area contributed by atoms with Crippen molar-refractivity contribution in [2.45, 2.75) is 18.4 Å². The summed E-state index contributed by atoms with van der Waals surface area (Å²) in [6.45, 7) is 2.68. The molecule has 36 heavy (non-hydrogen) atoms. The summed E-state index contributed by atoms with van der Waals surface area (Å²) in [5.74, 6) is 0.626. The number of rotatable bonds is 10. The van der Waals surface area contributed by atoms with Crippen LogP contribution in [0.5, 0.6) is 0 Å². The fraction of sp³-hybridized carbons (Fsp3) is 0.435. The molecular weight excluding hydrogens is 530 g/mol. The van der Waals surface area contributed by atoms with E-state index in [9.17, 15) is 14.7 Å². The number of hydrogen-bond donors (Lipinski definition) is 4. The lowest BCUT2D eigenvalue weighted by Gasteiger charge is -2.29. The van der Waals surface area contributed by atoms with Crippen molar-refractivity contribution in [3.8, 4) is 0 Å². The van der Waals surface area contributed by atoms with E-state index >= 15 is 0 Å². The Bertz CT molecular complexity index is 1190. The summed E-state index contributed by atoms with van der Waals surface area (Å²) in [6, 6.07) is 3.11. The van der Waals surface area contributed by atoms with E-state index in [4.69, 9.17) is 0 Å². The van der Waals surface area contributed by atoms with Crippen LogP contribution in [0.3, 0.4) is 0 Å². The minimum Gasteiger partial charge on any atom is -0.387 e. The quantitative estimate of drug-likeness (QED) is 0.270. The maximum atomic E-state index is 12.2. The highest BCUT2D eigenvalue weighted by molar-refractivity contribution is 9.10. The van der Waals surface area contributed by atoms with Crippen LogP contribution in [0.4, 0.5) is 16.3 Å². The summed E-state index contributed by atoms with van der Waals surface area (Å²) in [5.41, 5.74) is 0.425. The van der Waals surface area contributed by atoms with Crippen molar-refractivity contribution in [2.75, 3.05) is 56.5 Å². The zero-order valence-electron chi connectivity index (χ0n) is 20.0. The van der Waals surface area contributed by atoms with Gasteiger partial charge in [0.05, 0.1) is 23.7 Å². The molecule has 1 saturated heterocycles. The molecule has 0 bridgehead atoms. The number of carbonyl (C=O) groups is 2. The molecule has 4 rings (SSSR count). The van der Waals surface area contributed by atoms with E-state index in [1.165, 1.54) is 0 Å². The first-order chi connectivity index (χ1) is 17.3. The van der Waals surface area contributed by atoms with E-state index < -0.39 is 5.60 Å². The molecule has 1 aliphatic heterocycles. The standard InChI is InChI=1S/C23H30BrN9O3/c1-31(10-4-19(34)26-7-8-28-22(35)30-17-3-2-6-25-13-17)15-23(36)5-11-32(16-23)20-21-29-14-18(24)33(21)12-9-27-20/h2-3,6,9,12-14,36H,4-5,7-8,10-11,15-16H2,1H3,(H,26,34)(H2,28,30,35). The summed E-state index contributed by atoms with van der Waals surface area (Å²) in [7, 11) is 1.89. The smallest absolute Gasteiger partial charge is 0.319 e. The molecule has 0 saturated carbocycles. The summed E-state index contributed by atoms with van der Waals surface area (Å²) in [5, 5.41) is 19.3. The number of β-amino-alcohol motifs (C(OH)–C–C–N with tert-alkyl or cyclic N) is 1. The molecule has 0 radical (unpaired) electrons. The number of fused-ring (bicyclic) bond motifs is 1. The molecule has 3 amide bonds. The second kappa shape index (κ2) is 11.6. The van der Waals surface area contributed by atoms with Gasteiger partial charge in [-0.05, 0) is 41.5 Å². The first-order valence-corrected chi connectivity index (χ1v) is 12.5. The Morgan fingerprint density at radius 2 is 2.06 bits per heavy atom. The molecule has 1 unspecified atom stereocenters. The Morgan fingerprint density at radius 1 is 1.22 bits per heavy atom. The average Bonchev–Trinajstić information content (AvgIpc) is 3.44. The first kappa shape index (κ1) is 25.8. The predicted octanol–water partition coefficient (Wildman–Crippen LogP) is 1.09. The molecule has 0 aliphatic carbocycles. The van der Waals surface area contributed by atoms with Gasteiger partial charge in [-0.15, -0.1) is 0 Å². The Labute approximate surface area is 217 Å². The van der Waals surface area contributed by atoms with Gasteiger partial charge in [-0.2, -0.15) is 0 Å². The van der Waals surface area contributed by atoms with Gasteiger partial charge in [0.25, 0.3) is 0 Å². The lowest BCUT2D eigenvalue weighted by atomic mass is 10.0. The molecule has 0 aromatic carbocycles. The van der Waals surface area contributed by atoms with Crippen LogP contribution >= 0.6 is 15.9 Å². The summed E-state index contributed by atoms with van der Waals surface area (Å²) in [6.07, 6.45) is 9.35. The van der Waals surface area contributed by atoms with Crippen LogP contribution in [0.2, 0.25) is 0 Å². The predicted molar refractivity (Wildman–Crippen MR) is 139 cm³/mol. The largest absolute Gasteiger partial charge is 0.387 e. The highest BCUT2D eigenvalue weighted by Crippen LogP contribution is 2.29. The number of nitrogens with one attached hydrogen (secondary N) is 3. The van der Waals surface area contributed by atoms with Crippen LogP contribution in [-0.4, -0.2) is 93.2 Å². The molecule has 0 spiro atoms. The van der Waals surface area contributed by atoms with Gasteiger partial charge in [0, 0.05) is 64.3 Å². The summed E-state index contributed by atoms with van der Waals surface area (Å²) >= 11 is 3.47. The zero-order chi connectivity index (χ0) is 25.5. The minimum absolute atomic E-state index is 0.114. The molecule has 4 N–H and O–H groups in total. The van der Waals surface area contributed by atoms with Gasteiger partial charge in [0.1, 0.15) is 4.60 Å². The molecule has 3 aromatic heterocycles. The molecule has 192 valence electrons. The number of aliphatic hydroxyl groups is 1. The minimum atomic E-state index is -0.908. The summed E-state index contributed by atoms with van der Waals surface area (Å²) in [4.78, 5) is 40.9. The van der Waals surface area contributed by atoms with Crippen LogP contribution in [-0.2, 0) is 4.79 Å². The van der Waals surface area contributed by atoms with E-state index in [1.807, 2.05) is 27.4 Å². The Balaban J connectivity index is 1.15. The van der Waals surface area contributed by atoms with E-state index in [0.29, 0.717) is 57.8 Å². The number of amides is 3. The number of aromatic nitrogens is 4. The monoisotopic (exact) mass is 559 g/mol. The van der Waals surface area contributed by atoms with E-state index in [1.54, 1.807) is 36.9 Å². The van der Waals surface area contributed by atoms with Gasteiger partial charge in [-0.1, -0.05) is 0 Å². The fourth-order valence-electron chi connectivity index (χ4n) is 4.22. The molecular formula is C23H30BrN9O3. The second-order valence-electron chi connectivity index (χ2n) is 8.88. The SMILES string of the molecule is CN(CCC(=O)NCCNC(=O)Nc1cccnc1)CC1(O)CCN(c2nccn3c(Br)cnc23)C1. The third-order valence-electron chi connectivity index (χ3n) is 5.93. The average molecular weight is 560 g/mol. The van der Waals surface area contributed by atoms with Gasteiger partial charge in [0.15, 0.2) is 11.5 Å². The number of anilines is 2. The normalized spacial score (nSPS) is 17.5. The molecule has 1 aliphatic rings. The van der Waals surface area contributed by atoms with Crippen molar-refractivity contribution < 1.29 is 14.7 Å². The maximum Gasteiger partial charge on any atom is 0.319 e. The second-order valence-corrected chi connectivity index (χ2v) is 9.69. The fourth-order valence-corrected chi connectivity index (χ4v) is 4.61. The van der Waals surface area contributed by atoms with E-state index in [0.717, 1.165) is 16.1 Å². The van der Waals surface area contributed by atoms with Gasteiger partial charge in [-0.3, -0.25) is 14.2 Å². The number of hydrogen-bond acceptors (Lipinski definition) is 8. The van der Waals surface area contributed by atoms with Gasteiger partial charge in [0.2, 0.25) is 5.91 Å². The number of halogens is 1. The molecule has 1 atom stereocenters. The Hall–Kier alpha value is -3.29. The highest BCUT2D eigenvalue weighted by atomic mass is 79.9. The number of pyridine rings is 1. The third kappa shape index (κ3) is 6.68. The van der Waals surface area contributed by atoms with Crippen LogP contribution < -0.4 is 20.9 Å². The van der Waals surface area contributed by atoms with Crippen molar-refractivity contribution in [1.29, 1.82) is 0 Å². The van der Waals surface area contributed by atoms with Crippen LogP contribution in [0, 0.1) is 0 Å². The van der Waals surface area contributed by atoms with Crippen molar-refractivity contribution >= 4 is 45.0 Å². The topological polar surface area (TPSA) is 140 Å². The molecule has 4 heterocycles. The number of carbonyl (C=O) groups excluding carboxylic acids is 2. The first-order valence-electron chi connectivity index (χ1n) is 11.7. The Morgan fingerprint density at radius 3 is 2.86 bits per heavy atom. The van der Waals surface area contributed by atoms with Gasteiger partial charge >= 0.3 is 6.03 Å². The van der Waals surface area contributed by atoms with Crippen molar-refractivity contribution in [1.82, 2.24) is 34.9 Å². The van der Waals surface area contributed by atoms with Crippen LogP contribution in [0.25, 0.3) is 5.65 Å². The molecule has 12 nitrogen and oxygen atoms in total. The third-order valence-corrected chi connectivity index (χ3v) is 6.52.